The van der Waals surface area contributed by atoms with Crippen molar-refractivity contribution in [2.75, 3.05) is 0 Å². The molecule has 0 fully saturated rings. The molecule has 2 aromatic heterocycles. The molecule has 138 valence electrons. The Kier molecular flexibility index (Phi) is 5.36. The van der Waals surface area contributed by atoms with Crippen LogP contribution in [-0.4, -0.2) is 25.5 Å². The molecular weight excluding hydrogens is 342 g/mol. The molecule has 0 unspecified atom stereocenters. The molecule has 0 aliphatic rings. The number of carbonyl (C=O) groups is 1. The summed E-state index contributed by atoms with van der Waals surface area (Å²) in [4.78, 5) is 12.2. The van der Waals surface area contributed by atoms with Gasteiger partial charge in [0.1, 0.15) is 18.2 Å². The van der Waals surface area contributed by atoms with Crippen molar-refractivity contribution in [3.05, 3.63) is 64.7 Å². The Morgan fingerprint density at radius 2 is 1.93 bits per heavy atom. The number of nitriles is 1. The van der Waals surface area contributed by atoms with E-state index in [1.807, 2.05) is 50.2 Å². The molecule has 3 aromatic rings. The minimum absolute atomic E-state index is 0.00538. The van der Waals surface area contributed by atoms with Gasteiger partial charge in [-0.2, -0.15) is 15.5 Å². The molecule has 0 aliphatic carbocycles. The van der Waals surface area contributed by atoms with Gasteiger partial charge in [0, 0.05) is 5.69 Å². The minimum atomic E-state index is -0.343. The van der Waals surface area contributed by atoms with E-state index in [1.54, 1.807) is 16.3 Å². The summed E-state index contributed by atoms with van der Waals surface area (Å²) in [7, 11) is 0. The predicted molar refractivity (Wildman–Crippen MR) is 99.1 cm³/mol. The maximum Gasteiger partial charge on any atom is 0.308 e. The second-order valence-corrected chi connectivity index (χ2v) is 6.33. The van der Waals surface area contributed by atoms with Gasteiger partial charge in [0.25, 0.3) is 0 Å². The van der Waals surface area contributed by atoms with Crippen molar-refractivity contribution in [2.24, 2.45) is 0 Å². The summed E-state index contributed by atoms with van der Waals surface area (Å²) in [5.74, 6) is -0.343. The van der Waals surface area contributed by atoms with Gasteiger partial charge in [0.05, 0.1) is 35.7 Å². The number of hydrogen-bond acceptors (Lipinski definition) is 5. The van der Waals surface area contributed by atoms with Crippen LogP contribution in [0.25, 0.3) is 5.69 Å². The van der Waals surface area contributed by atoms with Crippen molar-refractivity contribution in [2.45, 2.75) is 40.3 Å². The predicted octanol–water partition coefficient (Wildman–Crippen LogP) is 3.00. The lowest BCUT2D eigenvalue weighted by atomic mass is 10.2. The number of nitrogens with zero attached hydrogens (tertiary/aromatic N) is 5. The molecule has 0 saturated carbocycles. The first kappa shape index (κ1) is 18.4. The standard InChI is InChI=1S/C20H21N5O2/c1-14-11-15(2)24(22-14)10-9-20(26)27-13-19-18(12-21)16(3)23-25(19)17-7-5-4-6-8-17/h4-8,11H,9-10,13H2,1-3H3. The van der Waals surface area contributed by atoms with Gasteiger partial charge >= 0.3 is 5.97 Å². The number of aromatic nitrogens is 4. The first-order valence-electron chi connectivity index (χ1n) is 8.70. The molecule has 0 saturated heterocycles. The van der Waals surface area contributed by atoms with Gasteiger partial charge in [-0.05, 0) is 39.0 Å². The zero-order chi connectivity index (χ0) is 19.4. The quantitative estimate of drug-likeness (QED) is 0.629. The summed E-state index contributed by atoms with van der Waals surface area (Å²) in [6.45, 7) is 6.09. The molecule has 27 heavy (non-hydrogen) atoms. The van der Waals surface area contributed by atoms with Crippen LogP contribution in [0.2, 0.25) is 0 Å². The molecule has 7 nitrogen and oxygen atoms in total. The fraction of sp³-hybridized carbons (Fsp3) is 0.300. The van der Waals surface area contributed by atoms with Crippen molar-refractivity contribution in [3.8, 4) is 11.8 Å². The Bertz CT molecular complexity index is 996. The Morgan fingerprint density at radius 3 is 2.56 bits per heavy atom. The lowest BCUT2D eigenvalue weighted by Gasteiger charge is -2.09. The number of benzene rings is 1. The van der Waals surface area contributed by atoms with Crippen LogP contribution < -0.4 is 0 Å². The SMILES string of the molecule is Cc1cc(C)n(CCC(=O)OCc2c(C#N)c(C)nn2-c2ccccc2)n1. The van der Waals surface area contributed by atoms with Gasteiger partial charge in [0.15, 0.2) is 0 Å². The first-order chi connectivity index (χ1) is 13.0. The highest BCUT2D eigenvalue weighted by Gasteiger charge is 2.18. The highest BCUT2D eigenvalue weighted by atomic mass is 16.5. The van der Waals surface area contributed by atoms with Crippen LogP contribution in [0.1, 0.15) is 34.8 Å². The molecule has 7 heteroatoms. The number of ether oxygens (including phenoxy) is 1. The fourth-order valence-corrected chi connectivity index (χ4v) is 2.96. The van der Waals surface area contributed by atoms with E-state index in [4.69, 9.17) is 4.74 Å². The first-order valence-corrected chi connectivity index (χ1v) is 8.70. The van der Waals surface area contributed by atoms with E-state index in [0.717, 1.165) is 17.1 Å². The van der Waals surface area contributed by atoms with Gasteiger partial charge in [-0.3, -0.25) is 9.48 Å². The number of carbonyl (C=O) groups excluding carboxylic acids is 1. The Balaban J connectivity index is 1.71. The molecule has 0 bridgehead atoms. The molecule has 0 N–H and O–H groups in total. The van der Waals surface area contributed by atoms with Crippen LogP contribution >= 0.6 is 0 Å². The maximum absolute atomic E-state index is 12.2. The molecular formula is C20H21N5O2. The van der Waals surface area contributed by atoms with E-state index in [-0.39, 0.29) is 19.0 Å². The van der Waals surface area contributed by atoms with Gasteiger partial charge in [-0.1, -0.05) is 18.2 Å². The van der Waals surface area contributed by atoms with E-state index in [9.17, 15) is 10.1 Å². The average molecular weight is 363 g/mol. The summed E-state index contributed by atoms with van der Waals surface area (Å²) >= 11 is 0. The monoisotopic (exact) mass is 363 g/mol. The number of rotatable bonds is 6. The largest absolute Gasteiger partial charge is 0.459 e. The number of hydrogen-bond donors (Lipinski definition) is 0. The van der Waals surface area contributed by atoms with Crippen molar-refractivity contribution in [3.63, 3.8) is 0 Å². The lowest BCUT2D eigenvalue weighted by Crippen LogP contribution is -2.13. The lowest BCUT2D eigenvalue weighted by molar-refractivity contribution is -0.145. The van der Waals surface area contributed by atoms with E-state index < -0.39 is 0 Å². The minimum Gasteiger partial charge on any atom is -0.459 e. The third kappa shape index (κ3) is 4.06. The highest BCUT2D eigenvalue weighted by Crippen LogP contribution is 2.19. The second-order valence-electron chi connectivity index (χ2n) is 6.33. The van der Waals surface area contributed by atoms with Crippen LogP contribution in [0.3, 0.4) is 0 Å². The Hall–Kier alpha value is -3.40. The van der Waals surface area contributed by atoms with E-state index >= 15 is 0 Å². The average Bonchev–Trinajstić information content (AvgIpc) is 3.16. The van der Waals surface area contributed by atoms with Crippen molar-refractivity contribution >= 4 is 5.97 Å². The van der Waals surface area contributed by atoms with Crippen LogP contribution in [0.15, 0.2) is 36.4 Å². The van der Waals surface area contributed by atoms with Gasteiger partial charge in [-0.15, -0.1) is 0 Å². The molecule has 0 amide bonds. The van der Waals surface area contributed by atoms with Crippen molar-refractivity contribution in [1.82, 2.24) is 19.6 Å². The topological polar surface area (TPSA) is 85.7 Å². The van der Waals surface area contributed by atoms with Gasteiger partial charge in [0.2, 0.25) is 0 Å². The van der Waals surface area contributed by atoms with Crippen LogP contribution in [0.4, 0.5) is 0 Å². The number of para-hydroxylation sites is 1. The van der Waals surface area contributed by atoms with Crippen molar-refractivity contribution < 1.29 is 9.53 Å². The summed E-state index contributed by atoms with van der Waals surface area (Å²) in [5, 5.41) is 18.2. The molecule has 0 radical (unpaired) electrons. The second kappa shape index (κ2) is 7.87. The zero-order valence-electron chi connectivity index (χ0n) is 15.6. The molecule has 2 heterocycles. The third-order valence-electron chi connectivity index (χ3n) is 4.27. The molecule has 1 aromatic carbocycles. The van der Waals surface area contributed by atoms with Gasteiger partial charge in [-0.25, -0.2) is 4.68 Å². The van der Waals surface area contributed by atoms with E-state index in [0.29, 0.717) is 23.5 Å². The van der Waals surface area contributed by atoms with E-state index in [2.05, 4.69) is 16.3 Å². The Labute approximate surface area is 157 Å². The number of esters is 1. The van der Waals surface area contributed by atoms with Crippen LogP contribution in [0.5, 0.6) is 0 Å². The molecule has 0 aliphatic heterocycles. The van der Waals surface area contributed by atoms with Crippen LogP contribution in [-0.2, 0) is 22.7 Å². The maximum atomic E-state index is 12.2. The summed E-state index contributed by atoms with van der Waals surface area (Å²) in [6, 6.07) is 13.6. The van der Waals surface area contributed by atoms with E-state index in [1.165, 1.54) is 0 Å². The highest BCUT2D eigenvalue weighted by molar-refractivity contribution is 5.69. The smallest absolute Gasteiger partial charge is 0.308 e. The van der Waals surface area contributed by atoms with Gasteiger partial charge < -0.3 is 4.74 Å². The molecule has 3 rings (SSSR count). The summed E-state index contributed by atoms with van der Waals surface area (Å²) in [5.41, 5.74) is 4.35. The fourth-order valence-electron chi connectivity index (χ4n) is 2.96. The Morgan fingerprint density at radius 1 is 1.19 bits per heavy atom. The van der Waals surface area contributed by atoms with Crippen molar-refractivity contribution in [1.29, 1.82) is 5.26 Å². The summed E-state index contributed by atoms with van der Waals surface area (Å²) < 4.78 is 8.86. The third-order valence-corrected chi connectivity index (χ3v) is 4.27. The van der Waals surface area contributed by atoms with Crippen LogP contribution in [0, 0.1) is 32.1 Å². The molecule has 0 atom stereocenters. The normalized spacial score (nSPS) is 10.6. The molecule has 0 spiro atoms. The number of aryl methyl sites for hydroxylation is 4. The zero-order valence-corrected chi connectivity index (χ0v) is 15.6. The summed E-state index contributed by atoms with van der Waals surface area (Å²) in [6.07, 6.45) is 0.211.